The quantitative estimate of drug-likeness (QED) is 0.386. The minimum atomic E-state index is -0.969. The Labute approximate surface area is 206 Å². The molecule has 7 heteroatoms. The number of rotatable bonds is 7. The van der Waals surface area contributed by atoms with Crippen LogP contribution in [-0.4, -0.2) is 31.9 Å². The van der Waals surface area contributed by atoms with Crippen molar-refractivity contribution in [3.05, 3.63) is 77.1 Å². The van der Waals surface area contributed by atoms with Crippen molar-refractivity contribution >= 4 is 23.3 Å². The predicted molar refractivity (Wildman–Crippen MR) is 138 cm³/mol. The number of imidazole rings is 1. The highest BCUT2D eigenvalue weighted by Crippen LogP contribution is 2.35. The molecule has 184 valence electrons. The number of fused-ring (bicyclic) bond motifs is 1. The number of benzene rings is 1. The molecule has 0 aliphatic heterocycles. The van der Waals surface area contributed by atoms with Crippen LogP contribution in [0.3, 0.4) is 0 Å². The number of aliphatic carboxylic acids is 1. The first-order chi connectivity index (χ1) is 16.6. The zero-order valence-corrected chi connectivity index (χ0v) is 20.8. The zero-order chi connectivity index (χ0) is 25.2. The SMILES string of the molecule is Cc1ccc(C(CC(=O)O)NC(=O)c2ccn3c(NC(C)(C)C)c(C4CC=CCC4)nc3c2)cc1. The van der Waals surface area contributed by atoms with Crippen LogP contribution in [-0.2, 0) is 4.79 Å². The van der Waals surface area contributed by atoms with Crippen LogP contribution in [0, 0.1) is 6.92 Å². The molecule has 35 heavy (non-hydrogen) atoms. The molecule has 7 nitrogen and oxygen atoms in total. The molecule has 0 spiro atoms. The van der Waals surface area contributed by atoms with E-state index in [1.54, 1.807) is 12.1 Å². The third-order valence-electron chi connectivity index (χ3n) is 6.23. The summed E-state index contributed by atoms with van der Waals surface area (Å²) in [7, 11) is 0. The van der Waals surface area contributed by atoms with E-state index in [1.165, 1.54) is 0 Å². The number of anilines is 1. The van der Waals surface area contributed by atoms with Gasteiger partial charge < -0.3 is 15.7 Å². The molecule has 2 unspecified atom stereocenters. The standard InChI is InChI=1S/C28H34N4O3/c1-18-10-12-19(13-11-18)22(17-24(33)34)29-27(35)21-14-15-32-23(16-21)30-25(20-8-6-5-7-9-20)26(32)31-28(2,3)4/h5-6,10-16,20,22,31H,7-9,17H2,1-4H3,(H,29,35)(H,33,34). The van der Waals surface area contributed by atoms with Crippen LogP contribution in [0.2, 0.25) is 0 Å². The number of allylic oxidation sites excluding steroid dienone is 2. The summed E-state index contributed by atoms with van der Waals surface area (Å²) in [6.45, 7) is 8.32. The monoisotopic (exact) mass is 474 g/mol. The normalized spacial score (nSPS) is 16.7. The van der Waals surface area contributed by atoms with Gasteiger partial charge in [0.1, 0.15) is 11.5 Å². The van der Waals surface area contributed by atoms with E-state index in [-0.39, 0.29) is 17.9 Å². The molecule has 1 aliphatic carbocycles. The van der Waals surface area contributed by atoms with Gasteiger partial charge in [-0.3, -0.25) is 14.0 Å². The Balaban J connectivity index is 1.66. The van der Waals surface area contributed by atoms with Crippen LogP contribution in [0.15, 0.2) is 54.7 Å². The molecule has 2 heterocycles. The second kappa shape index (κ2) is 9.94. The lowest BCUT2D eigenvalue weighted by atomic mass is 9.91. The van der Waals surface area contributed by atoms with E-state index in [2.05, 4.69) is 43.6 Å². The van der Waals surface area contributed by atoms with E-state index in [4.69, 9.17) is 4.98 Å². The number of hydrogen-bond donors (Lipinski definition) is 3. The van der Waals surface area contributed by atoms with Crippen molar-refractivity contribution in [2.45, 2.75) is 70.9 Å². The zero-order valence-electron chi connectivity index (χ0n) is 20.8. The van der Waals surface area contributed by atoms with E-state index < -0.39 is 12.0 Å². The first kappa shape index (κ1) is 24.5. The summed E-state index contributed by atoms with van der Waals surface area (Å²) in [6.07, 6.45) is 9.12. The Morgan fingerprint density at radius 3 is 2.54 bits per heavy atom. The Kier molecular flexibility index (Phi) is 6.96. The number of carboxylic acid groups (broad SMARTS) is 1. The van der Waals surface area contributed by atoms with Gasteiger partial charge in [0.15, 0.2) is 0 Å². The molecule has 2 aromatic heterocycles. The molecular weight excluding hydrogens is 440 g/mol. The molecule has 3 N–H and O–H groups in total. The van der Waals surface area contributed by atoms with Gasteiger partial charge in [-0.2, -0.15) is 0 Å². The first-order valence-electron chi connectivity index (χ1n) is 12.1. The molecule has 1 aliphatic rings. The Bertz CT molecular complexity index is 1250. The average molecular weight is 475 g/mol. The summed E-state index contributed by atoms with van der Waals surface area (Å²) in [5.41, 5.74) is 3.84. The lowest BCUT2D eigenvalue weighted by Gasteiger charge is -2.25. The van der Waals surface area contributed by atoms with Crippen molar-refractivity contribution in [1.82, 2.24) is 14.7 Å². The highest BCUT2D eigenvalue weighted by molar-refractivity contribution is 5.95. The summed E-state index contributed by atoms with van der Waals surface area (Å²) < 4.78 is 2.00. The lowest BCUT2D eigenvalue weighted by Crippen LogP contribution is -2.30. The predicted octanol–water partition coefficient (Wildman–Crippen LogP) is 5.62. The van der Waals surface area contributed by atoms with Crippen LogP contribution >= 0.6 is 0 Å². The molecule has 1 aromatic carbocycles. The summed E-state index contributed by atoms with van der Waals surface area (Å²) in [5.74, 6) is -0.00913. The second-order valence-electron chi connectivity index (χ2n) is 10.4. The van der Waals surface area contributed by atoms with Crippen LogP contribution in [0.1, 0.15) is 85.6 Å². The maximum Gasteiger partial charge on any atom is 0.305 e. The number of nitrogens with zero attached hydrogens (tertiary/aromatic N) is 2. The third kappa shape index (κ3) is 5.91. The first-order valence-corrected chi connectivity index (χ1v) is 12.1. The van der Waals surface area contributed by atoms with Gasteiger partial charge in [-0.05, 0) is 64.7 Å². The second-order valence-corrected chi connectivity index (χ2v) is 10.4. The lowest BCUT2D eigenvalue weighted by molar-refractivity contribution is -0.137. The molecule has 3 aromatic rings. The Morgan fingerprint density at radius 2 is 1.91 bits per heavy atom. The smallest absolute Gasteiger partial charge is 0.305 e. The minimum Gasteiger partial charge on any atom is -0.481 e. The number of nitrogens with one attached hydrogen (secondary N) is 2. The highest BCUT2D eigenvalue weighted by Gasteiger charge is 2.25. The van der Waals surface area contributed by atoms with Crippen molar-refractivity contribution in [3.63, 3.8) is 0 Å². The molecule has 0 saturated carbocycles. The van der Waals surface area contributed by atoms with Crippen LogP contribution in [0.25, 0.3) is 5.65 Å². The topological polar surface area (TPSA) is 95.7 Å². The fourth-order valence-electron chi connectivity index (χ4n) is 4.48. The van der Waals surface area contributed by atoms with Gasteiger partial charge in [-0.15, -0.1) is 0 Å². The average Bonchev–Trinajstić information content (AvgIpc) is 3.15. The summed E-state index contributed by atoms with van der Waals surface area (Å²) >= 11 is 0. The van der Waals surface area contributed by atoms with Crippen molar-refractivity contribution < 1.29 is 14.7 Å². The summed E-state index contributed by atoms with van der Waals surface area (Å²) in [6, 6.07) is 10.5. The van der Waals surface area contributed by atoms with Crippen LogP contribution in [0.5, 0.6) is 0 Å². The summed E-state index contributed by atoms with van der Waals surface area (Å²) in [4.78, 5) is 29.6. The van der Waals surface area contributed by atoms with Crippen LogP contribution in [0.4, 0.5) is 5.82 Å². The van der Waals surface area contributed by atoms with E-state index in [1.807, 2.05) is 41.8 Å². The fourth-order valence-corrected chi connectivity index (χ4v) is 4.48. The number of pyridine rings is 1. The van der Waals surface area contributed by atoms with Gasteiger partial charge in [0.25, 0.3) is 5.91 Å². The number of amides is 1. The third-order valence-corrected chi connectivity index (χ3v) is 6.23. The van der Waals surface area contributed by atoms with Gasteiger partial charge in [-0.1, -0.05) is 42.0 Å². The van der Waals surface area contributed by atoms with Crippen molar-refractivity contribution in [3.8, 4) is 0 Å². The largest absolute Gasteiger partial charge is 0.481 e. The van der Waals surface area contributed by atoms with Crippen molar-refractivity contribution in [2.24, 2.45) is 0 Å². The number of hydrogen-bond acceptors (Lipinski definition) is 4. The van der Waals surface area contributed by atoms with Crippen LogP contribution < -0.4 is 10.6 Å². The molecular formula is C28H34N4O3. The van der Waals surface area contributed by atoms with Gasteiger partial charge >= 0.3 is 5.97 Å². The van der Waals surface area contributed by atoms with E-state index in [0.29, 0.717) is 17.1 Å². The minimum absolute atomic E-state index is 0.149. The molecule has 1 amide bonds. The van der Waals surface area contributed by atoms with E-state index >= 15 is 0 Å². The van der Waals surface area contributed by atoms with Crippen molar-refractivity contribution in [2.75, 3.05) is 5.32 Å². The molecule has 0 saturated heterocycles. The highest BCUT2D eigenvalue weighted by atomic mass is 16.4. The number of carbonyl (C=O) groups is 2. The number of aromatic nitrogens is 2. The molecule has 0 bridgehead atoms. The van der Waals surface area contributed by atoms with E-state index in [0.717, 1.165) is 41.9 Å². The molecule has 4 rings (SSSR count). The van der Waals surface area contributed by atoms with Gasteiger partial charge in [-0.25, -0.2) is 4.98 Å². The van der Waals surface area contributed by atoms with Gasteiger partial charge in [0.2, 0.25) is 0 Å². The summed E-state index contributed by atoms with van der Waals surface area (Å²) in [5, 5.41) is 15.9. The molecule has 0 fully saturated rings. The maximum atomic E-state index is 13.2. The Morgan fingerprint density at radius 1 is 1.17 bits per heavy atom. The van der Waals surface area contributed by atoms with Crippen molar-refractivity contribution in [1.29, 1.82) is 0 Å². The number of carboxylic acids is 1. The molecule has 0 radical (unpaired) electrons. The number of carbonyl (C=O) groups excluding carboxylic acids is 1. The van der Waals surface area contributed by atoms with E-state index in [9.17, 15) is 14.7 Å². The Hall–Kier alpha value is -3.61. The number of aryl methyl sites for hydroxylation is 1. The maximum absolute atomic E-state index is 13.2. The fraction of sp³-hybridized carbons (Fsp3) is 0.393. The van der Waals surface area contributed by atoms with Gasteiger partial charge in [0, 0.05) is 23.2 Å². The molecule has 2 atom stereocenters. The van der Waals surface area contributed by atoms with Gasteiger partial charge in [0.05, 0.1) is 18.2 Å².